The number of hydrogen-bond donors (Lipinski definition) is 2. The molecule has 1 aromatic carbocycles. The molecular formula is C14H12FNO5. The minimum Gasteiger partial charge on any atom is -0.481 e. The molecule has 1 saturated carbocycles. The number of piperidine rings is 1. The molecule has 0 radical (unpaired) electrons. The molecule has 3 rings (SSSR count). The van der Waals surface area contributed by atoms with Crippen LogP contribution in [0.5, 0.6) is 0 Å². The van der Waals surface area contributed by atoms with E-state index in [-0.39, 0.29) is 25.1 Å². The third kappa shape index (κ3) is 1.66. The molecule has 2 N–H and O–H groups in total. The standard InChI is InChI=1S/C14H12FNO5/c15-9-3-1-8(2-4-9)10(17)16-6-13(11(18)19)5-14(13,7-16)12(20)21/h1-4H,5-7H2,(H,18,19)(H,20,21)/t13-,14+. The van der Waals surface area contributed by atoms with Crippen LogP contribution in [0, 0.1) is 16.6 Å². The van der Waals surface area contributed by atoms with Gasteiger partial charge in [0.1, 0.15) is 16.6 Å². The largest absolute Gasteiger partial charge is 0.481 e. The van der Waals surface area contributed by atoms with Crippen molar-refractivity contribution in [3.8, 4) is 0 Å². The van der Waals surface area contributed by atoms with Gasteiger partial charge in [0, 0.05) is 18.7 Å². The van der Waals surface area contributed by atoms with E-state index in [1.165, 1.54) is 17.0 Å². The fourth-order valence-electron chi connectivity index (χ4n) is 3.21. The van der Waals surface area contributed by atoms with Gasteiger partial charge in [0.05, 0.1) is 0 Å². The Labute approximate surface area is 118 Å². The van der Waals surface area contributed by atoms with Crippen LogP contribution in [-0.4, -0.2) is 46.0 Å². The number of rotatable bonds is 3. The van der Waals surface area contributed by atoms with Crippen molar-refractivity contribution >= 4 is 17.8 Å². The second-order valence-electron chi connectivity index (χ2n) is 5.62. The van der Waals surface area contributed by atoms with Crippen molar-refractivity contribution in [1.29, 1.82) is 0 Å². The van der Waals surface area contributed by atoms with Crippen LogP contribution in [-0.2, 0) is 9.59 Å². The zero-order valence-corrected chi connectivity index (χ0v) is 10.9. The van der Waals surface area contributed by atoms with Crippen molar-refractivity contribution in [2.45, 2.75) is 6.42 Å². The summed E-state index contributed by atoms with van der Waals surface area (Å²) in [5, 5.41) is 18.6. The van der Waals surface area contributed by atoms with Crippen LogP contribution in [0.4, 0.5) is 4.39 Å². The van der Waals surface area contributed by atoms with Gasteiger partial charge in [-0.3, -0.25) is 14.4 Å². The fourth-order valence-corrected chi connectivity index (χ4v) is 3.21. The van der Waals surface area contributed by atoms with Crippen LogP contribution in [0.2, 0.25) is 0 Å². The molecule has 1 aliphatic heterocycles. The lowest BCUT2D eigenvalue weighted by Crippen LogP contribution is -2.34. The Morgan fingerprint density at radius 3 is 1.90 bits per heavy atom. The molecule has 1 amide bonds. The Morgan fingerprint density at radius 2 is 1.48 bits per heavy atom. The predicted octanol–water partition coefficient (Wildman–Crippen LogP) is 0.827. The highest BCUT2D eigenvalue weighted by Crippen LogP contribution is 2.68. The quantitative estimate of drug-likeness (QED) is 0.860. The summed E-state index contributed by atoms with van der Waals surface area (Å²) in [5.41, 5.74) is -2.58. The Hall–Kier alpha value is -2.44. The summed E-state index contributed by atoms with van der Waals surface area (Å²) in [6, 6.07) is 4.85. The van der Waals surface area contributed by atoms with E-state index in [2.05, 4.69) is 0 Å². The third-order valence-electron chi connectivity index (χ3n) is 4.51. The summed E-state index contributed by atoms with van der Waals surface area (Å²) in [4.78, 5) is 36.2. The average Bonchev–Trinajstić information content (AvgIpc) is 2.98. The molecule has 0 unspecified atom stereocenters. The van der Waals surface area contributed by atoms with Crippen molar-refractivity contribution in [3.63, 3.8) is 0 Å². The van der Waals surface area contributed by atoms with Crippen molar-refractivity contribution in [2.24, 2.45) is 10.8 Å². The fraction of sp³-hybridized carbons (Fsp3) is 0.357. The van der Waals surface area contributed by atoms with Gasteiger partial charge in [-0.15, -0.1) is 0 Å². The predicted molar refractivity (Wildman–Crippen MR) is 67.1 cm³/mol. The summed E-state index contributed by atoms with van der Waals surface area (Å²) >= 11 is 0. The summed E-state index contributed by atoms with van der Waals surface area (Å²) in [7, 11) is 0. The number of carbonyl (C=O) groups is 3. The number of carboxylic acid groups (broad SMARTS) is 2. The van der Waals surface area contributed by atoms with Crippen LogP contribution in [0.25, 0.3) is 0 Å². The first kappa shape index (κ1) is 13.5. The first-order chi connectivity index (χ1) is 9.82. The summed E-state index contributed by atoms with van der Waals surface area (Å²) in [5.74, 6) is -3.36. The number of nitrogens with zero attached hydrogens (tertiary/aromatic N) is 1. The van der Waals surface area contributed by atoms with E-state index < -0.39 is 34.5 Å². The minimum absolute atomic E-state index is 0.0395. The summed E-state index contributed by atoms with van der Waals surface area (Å²) < 4.78 is 12.8. The smallest absolute Gasteiger partial charge is 0.312 e. The van der Waals surface area contributed by atoms with Crippen LogP contribution >= 0.6 is 0 Å². The van der Waals surface area contributed by atoms with Gasteiger partial charge in [0.15, 0.2) is 0 Å². The van der Waals surface area contributed by atoms with E-state index in [0.29, 0.717) is 0 Å². The molecule has 0 bridgehead atoms. The van der Waals surface area contributed by atoms with Crippen molar-refractivity contribution in [1.82, 2.24) is 4.90 Å². The molecular weight excluding hydrogens is 281 g/mol. The Kier molecular flexibility index (Phi) is 2.60. The summed E-state index contributed by atoms with van der Waals surface area (Å²) in [6.45, 7) is -0.268. The number of carboxylic acids is 2. The number of halogens is 1. The van der Waals surface area contributed by atoms with Gasteiger partial charge in [-0.25, -0.2) is 4.39 Å². The minimum atomic E-state index is -1.39. The second kappa shape index (κ2) is 4.03. The number of aliphatic carboxylic acids is 2. The van der Waals surface area contributed by atoms with Crippen LogP contribution < -0.4 is 0 Å². The molecule has 110 valence electrons. The highest BCUT2D eigenvalue weighted by Gasteiger charge is 2.81. The molecule has 1 aliphatic carbocycles. The number of amides is 1. The lowest BCUT2D eigenvalue weighted by Gasteiger charge is -2.20. The summed E-state index contributed by atoms with van der Waals surface area (Å²) in [6.07, 6.45) is 0.0395. The monoisotopic (exact) mass is 293 g/mol. The highest BCUT2D eigenvalue weighted by atomic mass is 19.1. The highest BCUT2D eigenvalue weighted by molar-refractivity contribution is 5.99. The molecule has 1 heterocycles. The molecule has 21 heavy (non-hydrogen) atoms. The molecule has 1 aromatic rings. The van der Waals surface area contributed by atoms with Gasteiger partial charge >= 0.3 is 11.9 Å². The molecule has 7 heteroatoms. The molecule has 2 atom stereocenters. The van der Waals surface area contributed by atoms with Crippen molar-refractivity contribution < 1.29 is 29.0 Å². The maximum absolute atomic E-state index is 12.8. The number of likely N-dealkylation sites (tertiary alicyclic amines) is 1. The van der Waals surface area contributed by atoms with E-state index in [0.717, 1.165) is 12.1 Å². The average molecular weight is 293 g/mol. The maximum atomic E-state index is 12.8. The Bertz CT molecular complexity index is 630. The number of hydrogen-bond acceptors (Lipinski definition) is 3. The van der Waals surface area contributed by atoms with E-state index in [4.69, 9.17) is 0 Å². The molecule has 6 nitrogen and oxygen atoms in total. The molecule has 0 aromatic heterocycles. The maximum Gasteiger partial charge on any atom is 0.312 e. The molecule has 1 saturated heterocycles. The van der Waals surface area contributed by atoms with E-state index in [1.807, 2.05) is 0 Å². The second-order valence-corrected chi connectivity index (χ2v) is 5.62. The van der Waals surface area contributed by atoms with E-state index in [1.54, 1.807) is 0 Å². The zero-order valence-electron chi connectivity index (χ0n) is 10.9. The van der Waals surface area contributed by atoms with Gasteiger partial charge in [-0.05, 0) is 30.7 Å². The van der Waals surface area contributed by atoms with Gasteiger partial charge in [0.2, 0.25) is 0 Å². The molecule has 0 spiro atoms. The lowest BCUT2D eigenvalue weighted by atomic mass is 9.97. The van der Waals surface area contributed by atoms with Gasteiger partial charge in [-0.2, -0.15) is 0 Å². The van der Waals surface area contributed by atoms with Crippen molar-refractivity contribution in [2.75, 3.05) is 13.1 Å². The van der Waals surface area contributed by atoms with E-state index in [9.17, 15) is 29.0 Å². The number of carbonyl (C=O) groups excluding carboxylic acids is 1. The molecule has 2 fully saturated rings. The van der Waals surface area contributed by atoms with Crippen LogP contribution in [0.3, 0.4) is 0 Å². The Morgan fingerprint density at radius 1 is 1.00 bits per heavy atom. The zero-order chi connectivity index (χ0) is 15.4. The van der Waals surface area contributed by atoms with Gasteiger partial charge < -0.3 is 15.1 Å². The molecule has 2 aliphatic rings. The van der Waals surface area contributed by atoms with E-state index >= 15 is 0 Å². The number of fused-ring (bicyclic) bond motifs is 1. The topological polar surface area (TPSA) is 94.9 Å². The third-order valence-corrected chi connectivity index (χ3v) is 4.51. The SMILES string of the molecule is O=C(c1ccc(F)cc1)N1C[C@@]2(C(=O)O)C[C@@]2(C(=O)O)C1. The normalized spacial score (nSPS) is 29.9. The first-order valence-corrected chi connectivity index (χ1v) is 6.34. The Balaban J connectivity index is 1.87. The van der Waals surface area contributed by atoms with Crippen molar-refractivity contribution in [3.05, 3.63) is 35.6 Å². The van der Waals surface area contributed by atoms with Crippen LogP contribution in [0.15, 0.2) is 24.3 Å². The van der Waals surface area contributed by atoms with Gasteiger partial charge in [-0.1, -0.05) is 0 Å². The van der Waals surface area contributed by atoms with Crippen LogP contribution in [0.1, 0.15) is 16.8 Å². The lowest BCUT2D eigenvalue weighted by molar-refractivity contribution is -0.151. The number of benzene rings is 1. The van der Waals surface area contributed by atoms with Gasteiger partial charge in [0.25, 0.3) is 5.91 Å². The first-order valence-electron chi connectivity index (χ1n) is 6.34.